The molecule has 0 bridgehead atoms. The van der Waals surface area contributed by atoms with Crippen molar-refractivity contribution in [3.8, 4) is 11.5 Å². The van der Waals surface area contributed by atoms with Crippen LogP contribution in [0.15, 0.2) is 45.6 Å². The molecule has 1 aromatic heterocycles. The Morgan fingerprint density at radius 3 is 2.48 bits per heavy atom. The second-order valence-corrected chi connectivity index (χ2v) is 7.67. The minimum absolute atomic E-state index is 0.294. The fourth-order valence-electron chi connectivity index (χ4n) is 3.74. The number of ether oxygens (including phenoxy) is 2. The van der Waals surface area contributed by atoms with Crippen LogP contribution in [0.25, 0.3) is 11.0 Å². The van der Waals surface area contributed by atoms with E-state index in [9.17, 15) is 4.79 Å². The van der Waals surface area contributed by atoms with Crippen LogP contribution < -0.4 is 20.4 Å². The van der Waals surface area contributed by atoms with Gasteiger partial charge in [0.25, 0.3) is 0 Å². The normalized spacial score (nSPS) is 11.2. The maximum absolute atomic E-state index is 12.0. The minimum Gasteiger partial charge on any atom is -0.493 e. The first-order chi connectivity index (χ1) is 13.9. The van der Waals surface area contributed by atoms with Gasteiger partial charge in [0, 0.05) is 23.4 Å². The van der Waals surface area contributed by atoms with Crippen molar-refractivity contribution >= 4 is 11.0 Å². The number of aryl methyl sites for hydroxylation is 1. The summed E-state index contributed by atoms with van der Waals surface area (Å²) in [4.78, 5) is 12.0. The first-order valence-electron chi connectivity index (χ1n) is 10.0. The summed E-state index contributed by atoms with van der Waals surface area (Å²) in [5.41, 5.74) is 5.03. The molecule has 0 aliphatic heterocycles. The van der Waals surface area contributed by atoms with Gasteiger partial charge in [-0.3, -0.25) is 0 Å². The number of nitrogens with two attached hydrogens (primary N) is 1. The number of hydrogen-bond donors (Lipinski definition) is 1. The van der Waals surface area contributed by atoms with Crippen LogP contribution in [0.3, 0.4) is 0 Å². The Hall–Kier alpha value is -2.79. The van der Waals surface area contributed by atoms with Gasteiger partial charge in [-0.1, -0.05) is 19.9 Å². The Morgan fingerprint density at radius 1 is 1.03 bits per heavy atom. The van der Waals surface area contributed by atoms with Crippen LogP contribution in [0.5, 0.6) is 11.5 Å². The van der Waals surface area contributed by atoms with Gasteiger partial charge < -0.3 is 19.2 Å². The molecule has 0 amide bonds. The summed E-state index contributed by atoms with van der Waals surface area (Å²) in [5, 5.41) is 3.25. The summed E-state index contributed by atoms with van der Waals surface area (Å²) < 4.78 is 16.1. The first kappa shape index (κ1) is 20.9. The molecule has 3 rings (SSSR count). The molecule has 5 nitrogen and oxygen atoms in total. The third-order valence-corrected chi connectivity index (χ3v) is 5.29. The molecule has 2 N–H and O–H groups in total. The van der Waals surface area contributed by atoms with E-state index in [1.54, 1.807) is 20.3 Å². The predicted octanol–water partition coefficient (Wildman–Crippen LogP) is 3.55. The third kappa shape index (κ3) is 4.80. The topological polar surface area (TPSA) is 65.3 Å². The van der Waals surface area contributed by atoms with Gasteiger partial charge in [0.1, 0.15) is 12.1 Å². The Labute approximate surface area is 171 Å². The lowest BCUT2D eigenvalue weighted by Crippen LogP contribution is -2.83. The highest BCUT2D eigenvalue weighted by Crippen LogP contribution is 2.28. The average molecular weight is 397 g/mol. The van der Waals surface area contributed by atoms with Gasteiger partial charge in [-0.05, 0) is 53.8 Å². The summed E-state index contributed by atoms with van der Waals surface area (Å²) in [6.45, 7) is 8.07. The highest BCUT2D eigenvalue weighted by molar-refractivity contribution is 5.82. The molecule has 154 valence electrons. The zero-order valence-corrected chi connectivity index (χ0v) is 17.9. The zero-order chi connectivity index (χ0) is 21.0. The maximum Gasteiger partial charge on any atom is 0.336 e. The molecule has 5 heteroatoms. The lowest BCUT2D eigenvalue weighted by Gasteiger charge is -2.13. The van der Waals surface area contributed by atoms with Crippen molar-refractivity contribution in [3.63, 3.8) is 0 Å². The van der Waals surface area contributed by atoms with E-state index < -0.39 is 0 Å². The van der Waals surface area contributed by atoms with Crippen LogP contribution in [0.2, 0.25) is 0 Å². The van der Waals surface area contributed by atoms with Crippen LogP contribution in [0.1, 0.15) is 42.0 Å². The lowest BCUT2D eigenvalue weighted by atomic mass is 9.95. The van der Waals surface area contributed by atoms with Gasteiger partial charge >= 0.3 is 5.63 Å². The number of hydrogen-bond acceptors (Lipinski definition) is 4. The fourth-order valence-corrected chi connectivity index (χ4v) is 3.74. The van der Waals surface area contributed by atoms with E-state index in [4.69, 9.17) is 13.9 Å². The van der Waals surface area contributed by atoms with Crippen molar-refractivity contribution in [1.29, 1.82) is 0 Å². The molecule has 0 saturated heterocycles. The zero-order valence-electron chi connectivity index (χ0n) is 17.9. The second kappa shape index (κ2) is 9.14. The molecule has 0 radical (unpaired) electrons. The van der Waals surface area contributed by atoms with Gasteiger partial charge in [0.05, 0.1) is 20.8 Å². The van der Waals surface area contributed by atoms with Crippen LogP contribution in [0.4, 0.5) is 0 Å². The monoisotopic (exact) mass is 396 g/mol. The molecule has 2 aromatic carbocycles. The molecule has 0 spiro atoms. The maximum atomic E-state index is 12.0. The Balaban J connectivity index is 1.73. The van der Waals surface area contributed by atoms with Crippen molar-refractivity contribution < 1.29 is 19.2 Å². The van der Waals surface area contributed by atoms with Gasteiger partial charge in [-0.15, -0.1) is 0 Å². The van der Waals surface area contributed by atoms with E-state index >= 15 is 0 Å². The minimum atomic E-state index is -0.294. The first-order valence-corrected chi connectivity index (χ1v) is 10.0. The number of rotatable bonds is 8. The highest BCUT2D eigenvalue weighted by atomic mass is 16.5. The molecule has 1 heterocycles. The summed E-state index contributed by atoms with van der Waals surface area (Å²) in [6, 6.07) is 11.8. The molecule has 0 atom stereocenters. The van der Waals surface area contributed by atoms with Crippen molar-refractivity contribution in [2.45, 2.75) is 39.7 Å². The van der Waals surface area contributed by atoms with E-state index in [1.165, 1.54) is 11.1 Å². The second-order valence-electron chi connectivity index (χ2n) is 7.67. The van der Waals surface area contributed by atoms with Crippen LogP contribution in [0, 0.1) is 6.92 Å². The van der Waals surface area contributed by atoms with E-state index in [2.05, 4.69) is 38.2 Å². The number of methoxy groups -OCH3 is 2. The standard InChI is InChI=1S/C24H29NO4/c1-15(2)19-13-20-18(12-24(26)29-22(20)10-16(19)3)14-25-9-8-17-6-7-21(27-4)23(11-17)28-5/h6-7,10-13,15,25H,8-9,14H2,1-5H3/p+1. The summed E-state index contributed by atoms with van der Waals surface area (Å²) in [5.74, 6) is 1.90. The molecular weight excluding hydrogens is 366 g/mol. The predicted molar refractivity (Wildman–Crippen MR) is 115 cm³/mol. The van der Waals surface area contributed by atoms with Crippen molar-refractivity contribution in [2.24, 2.45) is 0 Å². The van der Waals surface area contributed by atoms with E-state index in [-0.39, 0.29) is 5.63 Å². The molecule has 0 aliphatic carbocycles. The average Bonchev–Trinajstić information content (AvgIpc) is 2.69. The SMILES string of the molecule is COc1ccc(CC[NH2+]Cc2cc(=O)oc3cc(C)c(C(C)C)cc23)cc1OC. The van der Waals surface area contributed by atoms with E-state index in [1.807, 2.05) is 18.2 Å². The van der Waals surface area contributed by atoms with Crippen LogP contribution >= 0.6 is 0 Å². The van der Waals surface area contributed by atoms with Crippen molar-refractivity contribution in [3.05, 3.63) is 69.1 Å². The number of fused-ring (bicyclic) bond motifs is 1. The smallest absolute Gasteiger partial charge is 0.336 e. The Morgan fingerprint density at radius 2 is 1.79 bits per heavy atom. The summed E-state index contributed by atoms with van der Waals surface area (Å²) >= 11 is 0. The van der Waals surface area contributed by atoms with E-state index in [0.29, 0.717) is 11.5 Å². The quantitative estimate of drug-likeness (QED) is 0.467. The molecule has 29 heavy (non-hydrogen) atoms. The largest absolute Gasteiger partial charge is 0.493 e. The van der Waals surface area contributed by atoms with Gasteiger partial charge in [-0.2, -0.15) is 0 Å². The molecule has 3 aromatic rings. The lowest BCUT2D eigenvalue weighted by molar-refractivity contribution is -0.670. The van der Waals surface area contributed by atoms with Gasteiger partial charge in [0.15, 0.2) is 11.5 Å². The van der Waals surface area contributed by atoms with Crippen molar-refractivity contribution in [2.75, 3.05) is 20.8 Å². The molecule has 0 unspecified atom stereocenters. The van der Waals surface area contributed by atoms with Crippen LogP contribution in [-0.4, -0.2) is 20.8 Å². The fraction of sp³-hybridized carbons (Fsp3) is 0.375. The Bertz CT molecular complexity index is 1050. The number of quaternary nitrogens is 1. The Kier molecular flexibility index (Phi) is 6.60. The third-order valence-electron chi connectivity index (χ3n) is 5.29. The highest BCUT2D eigenvalue weighted by Gasteiger charge is 2.12. The van der Waals surface area contributed by atoms with Gasteiger partial charge in [-0.25, -0.2) is 4.79 Å². The van der Waals surface area contributed by atoms with Crippen molar-refractivity contribution in [1.82, 2.24) is 0 Å². The summed E-state index contributed by atoms with van der Waals surface area (Å²) in [6.07, 6.45) is 0.899. The molecule has 0 saturated carbocycles. The van der Waals surface area contributed by atoms with Crippen LogP contribution in [-0.2, 0) is 13.0 Å². The molecular formula is C24H30NO4+. The number of benzene rings is 2. The molecule has 0 fully saturated rings. The summed E-state index contributed by atoms with van der Waals surface area (Å²) in [7, 11) is 3.28. The molecule has 0 aliphatic rings. The van der Waals surface area contributed by atoms with E-state index in [0.717, 1.165) is 47.5 Å². The van der Waals surface area contributed by atoms with Gasteiger partial charge in [0.2, 0.25) is 0 Å².